The van der Waals surface area contributed by atoms with E-state index in [-0.39, 0.29) is 11.9 Å². The van der Waals surface area contributed by atoms with Crippen LogP contribution in [0, 0.1) is 11.8 Å². The van der Waals surface area contributed by atoms with Crippen LogP contribution >= 0.6 is 0 Å². The predicted octanol–water partition coefficient (Wildman–Crippen LogP) is 3.34. The zero-order chi connectivity index (χ0) is 17.4. The summed E-state index contributed by atoms with van der Waals surface area (Å²) >= 11 is 0. The molecule has 24 heavy (non-hydrogen) atoms. The maximum Gasteiger partial charge on any atom is 0.315 e. The van der Waals surface area contributed by atoms with Crippen molar-refractivity contribution in [2.24, 2.45) is 11.8 Å². The number of carbonyl (C=O) groups is 2. The molecule has 0 aromatic carbocycles. The Kier molecular flexibility index (Phi) is 7.86. The number of hydrogen-bond acceptors (Lipinski definition) is 2. The SMILES string of the molecule is CC1CCCC(NC(=O)CCCNC(=O)NC2CCCCC2)C1C. The Hall–Kier alpha value is -1.26. The first-order chi connectivity index (χ1) is 11.6. The minimum Gasteiger partial charge on any atom is -0.353 e. The van der Waals surface area contributed by atoms with Crippen molar-refractivity contribution in [1.29, 1.82) is 0 Å². The second kappa shape index (κ2) is 9.90. The van der Waals surface area contributed by atoms with Crippen LogP contribution in [0.4, 0.5) is 4.79 Å². The second-order valence-electron chi connectivity index (χ2n) is 7.78. The van der Waals surface area contributed by atoms with Gasteiger partial charge in [-0.15, -0.1) is 0 Å². The zero-order valence-electron chi connectivity index (χ0n) is 15.4. The summed E-state index contributed by atoms with van der Waals surface area (Å²) < 4.78 is 0. The van der Waals surface area contributed by atoms with Gasteiger partial charge in [0.25, 0.3) is 0 Å². The highest BCUT2D eigenvalue weighted by atomic mass is 16.2. The number of nitrogens with one attached hydrogen (secondary N) is 3. The summed E-state index contributed by atoms with van der Waals surface area (Å²) in [5, 5.41) is 9.09. The van der Waals surface area contributed by atoms with E-state index in [1.165, 1.54) is 32.1 Å². The van der Waals surface area contributed by atoms with Crippen molar-refractivity contribution in [1.82, 2.24) is 16.0 Å². The molecule has 3 unspecified atom stereocenters. The zero-order valence-corrected chi connectivity index (χ0v) is 15.4. The number of rotatable bonds is 6. The minimum absolute atomic E-state index is 0.0861. The van der Waals surface area contributed by atoms with Gasteiger partial charge in [-0.1, -0.05) is 46.0 Å². The van der Waals surface area contributed by atoms with E-state index in [9.17, 15) is 9.59 Å². The number of amides is 3. The van der Waals surface area contributed by atoms with Crippen LogP contribution < -0.4 is 16.0 Å². The molecule has 2 aliphatic rings. The molecular formula is C19H35N3O2. The van der Waals surface area contributed by atoms with Gasteiger partial charge in [0.15, 0.2) is 0 Å². The summed E-state index contributed by atoms with van der Waals surface area (Å²) in [5.74, 6) is 1.37. The second-order valence-corrected chi connectivity index (χ2v) is 7.78. The molecule has 138 valence electrons. The van der Waals surface area contributed by atoms with E-state index in [0.29, 0.717) is 43.3 Å². The molecule has 0 spiro atoms. The molecule has 0 heterocycles. The molecule has 0 aromatic rings. The van der Waals surface area contributed by atoms with Gasteiger partial charge in [0, 0.05) is 25.0 Å². The third-order valence-electron chi connectivity index (χ3n) is 5.86. The first-order valence-corrected chi connectivity index (χ1v) is 9.90. The van der Waals surface area contributed by atoms with Gasteiger partial charge in [-0.3, -0.25) is 4.79 Å². The average molecular weight is 338 g/mol. The lowest BCUT2D eigenvalue weighted by Crippen LogP contribution is -2.44. The number of urea groups is 1. The van der Waals surface area contributed by atoms with Gasteiger partial charge in [-0.2, -0.15) is 0 Å². The van der Waals surface area contributed by atoms with E-state index >= 15 is 0 Å². The van der Waals surface area contributed by atoms with Crippen molar-refractivity contribution in [3.05, 3.63) is 0 Å². The lowest BCUT2D eigenvalue weighted by Gasteiger charge is -2.34. The first kappa shape index (κ1) is 19.1. The van der Waals surface area contributed by atoms with Crippen molar-refractivity contribution in [2.75, 3.05) is 6.54 Å². The molecule has 0 aromatic heterocycles. The maximum absolute atomic E-state index is 12.1. The van der Waals surface area contributed by atoms with Crippen LogP contribution in [0.1, 0.15) is 78.1 Å². The third-order valence-corrected chi connectivity index (χ3v) is 5.86. The summed E-state index contributed by atoms with van der Waals surface area (Å²) in [6.45, 7) is 5.08. The van der Waals surface area contributed by atoms with E-state index in [1.807, 2.05) is 0 Å². The van der Waals surface area contributed by atoms with Gasteiger partial charge in [0.05, 0.1) is 0 Å². The van der Waals surface area contributed by atoms with Crippen LogP contribution in [0.2, 0.25) is 0 Å². The van der Waals surface area contributed by atoms with Crippen molar-refractivity contribution < 1.29 is 9.59 Å². The fraction of sp³-hybridized carbons (Fsp3) is 0.895. The fourth-order valence-electron chi connectivity index (χ4n) is 4.00. The molecule has 3 atom stereocenters. The topological polar surface area (TPSA) is 70.2 Å². The molecule has 5 heteroatoms. The Morgan fingerprint density at radius 3 is 2.42 bits per heavy atom. The smallest absolute Gasteiger partial charge is 0.315 e. The summed E-state index contributed by atoms with van der Waals surface area (Å²) in [4.78, 5) is 23.9. The van der Waals surface area contributed by atoms with Crippen molar-refractivity contribution in [3.63, 3.8) is 0 Å². The molecule has 5 nitrogen and oxygen atoms in total. The molecule has 2 saturated carbocycles. The van der Waals surface area contributed by atoms with E-state index in [1.54, 1.807) is 0 Å². The highest BCUT2D eigenvalue weighted by molar-refractivity contribution is 5.76. The Bertz CT molecular complexity index is 407. The molecule has 2 aliphatic carbocycles. The Balaban J connectivity index is 1.54. The Morgan fingerprint density at radius 2 is 1.67 bits per heavy atom. The summed E-state index contributed by atoms with van der Waals surface area (Å²) in [5.41, 5.74) is 0. The monoisotopic (exact) mass is 337 g/mol. The Morgan fingerprint density at radius 1 is 0.917 bits per heavy atom. The quantitative estimate of drug-likeness (QED) is 0.651. The molecule has 0 saturated heterocycles. The van der Waals surface area contributed by atoms with Crippen LogP contribution in [-0.2, 0) is 4.79 Å². The highest BCUT2D eigenvalue weighted by Crippen LogP contribution is 2.29. The lowest BCUT2D eigenvalue weighted by atomic mass is 9.78. The van der Waals surface area contributed by atoms with Gasteiger partial charge >= 0.3 is 6.03 Å². The molecule has 2 fully saturated rings. The van der Waals surface area contributed by atoms with Gasteiger partial charge in [0.1, 0.15) is 0 Å². The van der Waals surface area contributed by atoms with Crippen LogP contribution in [0.25, 0.3) is 0 Å². The van der Waals surface area contributed by atoms with Gasteiger partial charge in [0.2, 0.25) is 5.91 Å². The van der Waals surface area contributed by atoms with Crippen LogP contribution in [-0.4, -0.2) is 30.6 Å². The Labute approximate surface area is 146 Å². The van der Waals surface area contributed by atoms with Crippen LogP contribution in [0.3, 0.4) is 0 Å². The first-order valence-electron chi connectivity index (χ1n) is 9.90. The maximum atomic E-state index is 12.1. The number of hydrogen-bond donors (Lipinski definition) is 3. The molecule has 3 amide bonds. The summed E-state index contributed by atoms with van der Waals surface area (Å²) in [6.07, 6.45) is 10.6. The molecule has 0 radical (unpaired) electrons. The molecule has 2 rings (SSSR count). The fourth-order valence-corrected chi connectivity index (χ4v) is 4.00. The normalized spacial score (nSPS) is 28.2. The number of carbonyl (C=O) groups excluding carboxylic acids is 2. The molecule has 0 bridgehead atoms. The summed E-state index contributed by atoms with van der Waals surface area (Å²) in [7, 11) is 0. The van der Waals surface area contributed by atoms with Crippen LogP contribution in [0.15, 0.2) is 0 Å². The van der Waals surface area contributed by atoms with Crippen molar-refractivity contribution >= 4 is 11.9 Å². The van der Waals surface area contributed by atoms with Crippen LogP contribution in [0.5, 0.6) is 0 Å². The van der Waals surface area contributed by atoms with Crippen molar-refractivity contribution in [3.8, 4) is 0 Å². The standard InChI is InChI=1S/C19H35N3O2/c1-14-8-6-11-17(15(14)2)22-18(23)12-7-13-20-19(24)21-16-9-4-3-5-10-16/h14-17H,3-13H2,1-2H3,(H,22,23)(H2,20,21,24). The molecule has 3 N–H and O–H groups in total. The predicted molar refractivity (Wildman–Crippen MR) is 96.8 cm³/mol. The van der Waals surface area contributed by atoms with E-state index in [2.05, 4.69) is 29.8 Å². The largest absolute Gasteiger partial charge is 0.353 e. The third kappa shape index (κ3) is 6.33. The van der Waals surface area contributed by atoms with Crippen molar-refractivity contribution in [2.45, 2.75) is 90.1 Å². The van der Waals surface area contributed by atoms with E-state index in [0.717, 1.165) is 19.3 Å². The van der Waals surface area contributed by atoms with Gasteiger partial charge in [-0.05, 0) is 37.5 Å². The van der Waals surface area contributed by atoms with Gasteiger partial charge in [-0.25, -0.2) is 4.79 Å². The molecular weight excluding hydrogens is 302 g/mol. The lowest BCUT2D eigenvalue weighted by molar-refractivity contribution is -0.122. The molecule has 0 aliphatic heterocycles. The average Bonchev–Trinajstić information content (AvgIpc) is 2.57. The summed E-state index contributed by atoms with van der Waals surface area (Å²) in [6, 6.07) is 0.567. The van der Waals surface area contributed by atoms with Gasteiger partial charge < -0.3 is 16.0 Å². The van der Waals surface area contributed by atoms with E-state index in [4.69, 9.17) is 0 Å². The highest BCUT2D eigenvalue weighted by Gasteiger charge is 2.27. The van der Waals surface area contributed by atoms with E-state index < -0.39 is 0 Å². The minimum atomic E-state index is -0.0861.